The molecule has 0 aromatic heterocycles. The molecule has 3 aromatic rings. The summed E-state index contributed by atoms with van der Waals surface area (Å²) in [5.41, 5.74) is 0.604. The van der Waals surface area contributed by atoms with E-state index in [2.05, 4.69) is 5.32 Å². The number of carbonyl (C=O) groups is 3. The van der Waals surface area contributed by atoms with E-state index in [4.69, 9.17) is 4.74 Å². The number of benzene rings is 3. The molecule has 32 heavy (non-hydrogen) atoms. The molecule has 1 aliphatic rings. The Kier molecular flexibility index (Phi) is 5.58. The van der Waals surface area contributed by atoms with Crippen LogP contribution in [0.3, 0.4) is 0 Å². The maximum absolute atomic E-state index is 12.9. The van der Waals surface area contributed by atoms with Crippen LogP contribution in [0, 0.1) is 5.82 Å². The van der Waals surface area contributed by atoms with Crippen LogP contribution in [-0.2, 0) is 25.9 Å². The molecule has 1 heterocycles. The van der Waals surface area contributed by atoms with Gasteiger partial charge in [-0.15, -0.1) is 0 Å². The fraction of sp³-hybridized carbons (Fsp3) is 0.0870. The largest absolute Gasteiger partial charge is 0.452 e. The minimum Gasteiger partial charge on any atom is -0.452 e. The fourth-order valence-corrected chi connectivity index (χ4v) is 4.96. The van der Waals surface area contributed by atoms with E-state index in [-0.39, 0.29) is 33.0 Å². The SMILES string of the molecule is O=C(COC(=O)c1ccc2c(c1)S(=O)(=O)c1ccccc1C2=O)NCc1ccc(F)cc1. The Morgan fingerprint density at radius 3 is 2.34 bits per heavy atom. The van der Waals surface area contributed by atoms with Crippen molar-refractivity contribution in [3.8, 4) is 0 Å². The van der Waals surface area contributed by atoms with Crippen molar-refractivity contribution in [1.82, 2.24) is 5.32 Å². The van der Waals surface area contributed by atoms with Crippen LogP contribution in [0.4, 0.5) is 4.39 Å². The first-order valence-corrected chi connectivity index (χ1v) is 11.0. The van der Waals surface area contributed by atoms with Gasteiger partial charge in [0.2, 0.25) is 9.84 Å². The Morgan fingerprint density at radius 1 is 0.906 bits per heavy atom. The van der Waals surface area contributed by atoms with Crippen LogP contribution in [0.2, 0.25) is 0 Å². The Morgan fingerprint density at radius 2 is 1.59 bits per heavy atom. The van der Waals surface area contributed by atoms with Crippen molar-refractivity contribution < 1.29 is 31.9 Å². The summed E-state index contributed by atoms with van der Waals surface area (Å²) in [7, 11) is -4.00. The number of sulfone groups is 1. The van der Waals surface area contributed by atoms with Crippen molar-refractivity contribution in [1.29, 1.82) is 0 Å². The molecule has 0 saturated carbocycles. The second-order valence-electron chi connectivity index (χ2n) is 7.02. The molecule has 9 heteroatoms. The van der Waals surface area contributed by atoms with Gasteiger partial charge in [0.1, 0.15) is 5.82 Å². The van der Waals surface area contributed by atoms with Gasteiger partial charge in [-0.3, -0.25) is 9.59 Å². The van der Waals surface area contributed by atoms with E-state index in [1.807, 2.05) is 0 Å². The zero-order chi connectivity index (χ0) is 22.9. The predicted octanol–water partition coefficient (Wildman–Crippen LogP) is 2.68. The van der Waals surface area contributed by atoms with Crippen molar-refractivity contribution in [2.45, 2.75) is 16.3 Å². The lowest BCUT2D eigenvalue weighted by molar-refractivity contribution is -0.124. The molecular weight excluding hydrogens is 437 g/mol. The topological polar surface area (TPSA) is 107 Å². The maximum atomic E-state index is 12.9. The standard InChI is InChI=1S/C23H16FNO6S/c24-16-8-5-14(6-9-16)12-25-21(26)13-31-23(28)15-7-10-18-20(11-15)32(29,30)19-4-2-1-3-17(19)22(18)27/h1-11H,12-13H2,(H,25,26). The van der Waals surface area contributed by atoms with E-state index >= 15 is 0 Å². The average molecular weight is 453 g/mol. The van der Waals surface area contributed by atoms with Gasteiger partial charge < -0.3 is 10.1 Å². The van der Waals surface area contributed by atoms with Crippen LogP contribution in [0.5, 0.6) is 0 Å². The highest BCUT2D eigenvalue weighted by molar-refractivity contribution is 7.91. The molecular formula is C23H16FNO6S. The van der Waals surface area contributed by atoms with Crippen LogP contribution < -0.4 is 5.32 Å². The first-order valence-electron chi connectivity index (χ1n) is 9.48. The van der Waals surface area contributed by atoms with E-state index in [1.54, 1.807) is 6.07 Å². The minimum atomic E-state index is -4.00. The van der Waals surface area contributed by atoms with Gasteiger partial charge in [0.25, 0.3) is 5.91 Å². The molecule has 0 saturated heterocycles. The highest BCUT2D eigenvalue weighted by Gasteiger charge is 2.35. The van der Waals surface area contributed by atoms with Crippen LogP contribution >= 0.6 is 0 Å². The summed E-state index contributed by atoms with van der Waals surface area (Å²) < 4.78 is 43.7. The number of amides is 1. The second kappa shape index (κ2) is 8.35. The number of fused-ring (bicyclic) bond motifs is 2. The molecule has 0 bridgehead atoms. The van der Waals surface area contributed by atoms with Gasteiger partial charge in [-0.25, -0.2) is 17.6 Å². The molecule has 1 aliphatic heterocycles. The molecule has 0 spiro atoms. The summed E-state index contributed by atoms with van der Waals surface area (Å²) in [4.78, 5) is 36.5. The first kappa shape index (κ1) is 21.4. The lowest BCUT2D eigenvalue weighted by Gasteiger charge is -2.19. The fourth-order valence-electron chi connectivity index (χ4n) is 3.28. The summed E-state index contributed by atoms with van der Waals surface area (Å²) >= 11 is 0. The molecule has 0 fully saturated rings. The summed E-state index contributed by atoms with van der Waals surface area (Å²) in [6.45, 7) is -0.471. The first-order chi connectivity index (χ1) is 15.3. The molecule has 0 aliphatic carbocycles. The normalized spacial score (nSPS) is 13.6. The number of rotatable bonds is 5. The van der Waals surface area contributed by atoms with Crippen molar-refractivity contribution in [3.63, 3.8) is 0 Å². The van der Waals surface area contributed by atoms with Crippen molar-refractivity contribution in [3.05, 3.63) is 94.8 Å². The number of ether oxygens (including phenoxy) is 1. The number of ketones is 1. The summed E-state index contributed by atoms with van der Waals surface area (Å²) in [6.07, 6.45) is 0. The van der Waals surface area contributed by atoms with E-state index in [0.717, 1.165) is 6.07 Å². The van der Waals surface area contributed by atoms with Crippen LogP contribution in [-0.4, -0.2) is 32.7 Å². The van der Waals surface area contributed by atoms with Gasteiger partial charge in [-0.05, 0) is 48.0 Å². The maximum Gasteiger partial charge on any atom is 0.338 e. The van der Waals surface area contributed by atoms with Crippen molar-refractivity contribution >= 4 is 27.5 Å². The Labute approximate surface area is 182 Å². The molecule has 1 amide bonds. The molecule has 0 atom stereocenters. The summed E-state index contributed by atoms with van der Waals surface area (Å²) in [6, 6.07) is 15.0. The number of hydrogen-bond acceptors (Lipinski definition) is 6. The Bertz CT molecular complexity index is 1350. The lowest BCUT2D eigenvalue weighted by Crippen LogP contribution is -2.28. The van der Waals surface area contributed by atoms with Crippen LogP contribution in [0.1, 0.15) is 31.8 Å². The Hall–Kier alpha value is -3.85. The molecule has 1 N–H and O–H groups in total. The molecule has 0 unspecified atom stereocenters. The molecule has 4 rings (SSSR count). The van der Waals surface area contributed by atoms with E-state index in [1.165, 1.54) is 54.6 Å². The third-order valence-electron chi connectivity index (χ3n) is 4.91. The van der Waals surface area contributed by atoms with E-state index < -0.39 is 39.9 Å². The number of hydrogen-bond donors (Lipinski definition) is 1. The molecule has 7 nitrogen and oxygen atoms in total. The Balaban J connectivity index is 1.45. The smallest absolute Gasteiger partial charge is 0.338 e. The lowest BCUT2D eigenvalue weighted by atomic mass is 10.0. The van der Waals surface area contributed by atoms with Gasteiger partial charge >= 0.3 is 5.97 Å². The quantitative estimate of drug-likeness (QED) is 0.466. The summed E-state index contributed by atoms with van der Waals surface area (Å²) in [5.74, 6) is -2.35. The third-order valence-corrected chi connectivity index (χ3v) is 6.76. The highest BCUT2D eigenvalue weighted by atomic mass is 32.2. The third kappa shape index (κ3) is 4.02. The number of esters is 1. The summed E-state index contributed by atoms with van der Waals surface area (Å²) in [5, 5.41) is 2.53. The number of carbonyl (C=O) groups excluding carboxylic acids is 3. The minimum absolute atomic E-state index is 0.0303. The van der Waals surface area contributed by atoms with E-state index in [0.29, 0.717) is 5.56 Å². The van der Waals surface area contributed by atoms with Crippen LogP contribution in [0.15, 0.2) is 76.5 Å². The highest BCUT2D eigenvalue weighted by Crippen LogP contribution is 2.34. The van der Waals surface area contributed by atoms with Crippen molar-refractivity contribution in [2.24, 2.45) is 0 Å². The predicted molar refractivity (Wildman–Crippen MR) is 110 cm³/mol. The monoisotopic (exact) mass is 453 g/mol. The number of halogens is 1. The van der Waals surface area contributed by atoms with Crippen molar-refractivity contribution in [2.75, 3.05) is 6.61 Å². The van der Waals surface area contributed by atoms with Gasteiger partial charge in [0, 0.05) is 17.7 Å². The second-order valence-corrected chi connectivity index (χ2v) is 8.91. The number of nitrogens with one attached hydrogen (secondary N) is 1. The van der Waals surface area contributed by atoms with Gasteiger partial charge in [-0.1, -0.05) is 24.3 Å². The average Bonchev–Trinajstić information content (AvgIpc) is 2.80. The molecule has 3 aromatic carbocycles. The molecule has 0 radical (unpaired) electrons. The zero-order valence-electron chi connectivity index (χ0n) is 16.5. The van der Waals surface area contributed by atoms with Gasteiger partial charge in [-0.2, -0.15) is 0 Å². The molecule has 162 valence electrons. The van der Waals surface area contributed by atoms with Crippen LogP contribution in [0.25, 0.3) is 0 Å². The van der Waals surface area contributed by atoms with E-state index in [9.17, 15) is 27.2 Å². The van der Waals surface area contributed by atoms with Gasteiger partial charge in [0.05, 0.1) is 15.4 Å². The van der Waals surface area contributed by atoms with Gasteiger partial charge in [0.15, 0.2) is 12.4 Å². The zero-order valence-corrected chi connectivity index (χ0v) is 17.3.